The standard InChI is InChI=1S/C3H7ClN/c1-2-3-5-4/h2-3H2,1H3. The molecule has 0 spiro atoms. The largest absolute Gasteiger partial charge is 0.139 e. The Morgan fingerprint density at radius 1 is 1.80 bits per heavy atom. The van der Waals surface area contributed by atoms with E-state index in [2.05, 4.69) is 4.84 Å². The molecule has 0 saturated carbocycles. The summed E-state index contributed by atoms with van der Waals surface area (Å²) in [4.78, 5) is 3.33. The molecule has 0 aromatic rings. The van der Waals surface area contributed by atoms with E-state index in [1.165, 1.54) is 0 Å². The summed E-state index contributed by atoms with van der Waals surface area (Å²) in [7, 11) is 0. The molecule has 0 atom stereocenters. The summed E-state index contributed by atoms with van der Waals surface area (Å²) < 4.78 is 0. The molecule has 0 aliphatic rings. The predicted octanol–water partition coefficient (Wildman–Crippen LogP) is 1.15. The highest BCUT2D eigenvalue weighted by atomic mass is 35.5. The molecule has 31 valence electrons. The van der Waals surface area contributed by atoms with Crippen molar-refractivity contribution in [2.24, 2.45) is 0 Å². The number of hydrogen-bond acceptors (Lipinski definition) is 0. The van der Waals surface area contributed by atoms with E-state index < -0.39 is 0 Å². The fourth-order valence-corrected chi connectivity index (χ4v) is 0.254. The third-order valence-corrected chi connectivity index (χ3v) is 0.477. The van der Waals surface area contributed by atoms with E-state index in [-0.39, 0.29) is 0 Å². The highest BCUT2D eigenvalue weighted by Crippen LogP contribution is 1.71. The average molecular weight is 92.5 g/mol. The van der Waals surface area contributed by atoms with E-state index in [4.69, 9.17) is 11.8 Å². The Balaban J connectivity index is 2.19. The minimum absolute atomic E-state index is 0.779. The van der Waals surface area contributed by atoms with Gasteiger partial charge in [-0.3, -0.25) is 0 Å². The lowest BCUT2D eigenvalue weighted by Gasteiger charge is -1.77. The van der Waals surface area contributed by atoms with Gasteiger partial charge in [-0.2, -0.15) is 0 Å². The van der Waals surface area contributed by atoms with Crippen molar-refractivity contribution in [3.05, 3.63) is 0 Å². The highest BCUT2D eigenvalue weighted by Gasteiger charge is 1.70. The van der Waals surface area contributed by atoms with Gasteiger partial charge in [0.2, 0.25) is 0 Å². The average Bonchev–Trinajstić information content (AvgIpc) is 1.41. The van der Waals surface area contributed by atoms with Gasteiger partial charge in [0, 0.05) is 6.54 Å². The van der Waals surface area contributed by atoms with Crippen molar-refractivity contribution in [3.63, 3.8) is 0 Å². The molecule has 1 radical (unpaired) electrons. The van der Waals surface area contributed by atoms with Crippen molar-refractivity contribution in [3.8, 4) is 0 Å². The molecule has 0 saturated heterocycles. The fraction of sp³-hybridized carbons (Fsp3) is 1.00. The van der Waals surface area contributed by atoms with Gasteiger partial charge in [-0.1, -0.05) is 6.92 Å². The summed E-state index contributed by atoms with van der Waals surface area (Å²) in [5.41, 5.74) is 0. The van der Waals surface area contributed by atoms with Crippen molar-refractivity contribution < 1.29 is 0 Å². The zero-order valence-electron chi connectivity index (χ0n) is 3.24. The van der Waals surface area contributed by atoms with Crippen LogP contribution in [0.25, 0.3) is 0 Å². The van der Waals surface area contributed by atoms with Crippen LogP contribution in [0.15, 0.2) is 0 Å². The Bertz CT molecular complexity index is 14.4. The van der Waals surface area contributed by atoms with E-state index >= 15 is 0 Å². The van der Waals surface area contributed by atoms with Crippen LogP contribution in [-0.4, -0.2) is 6.54 Å². The Hall–Kier alpha value is 0.250. The molecular weight excluding hydrogens is 85.5 g/mol. The van der Waals surface area contributed by atoms with E-state index in [1.54, 1.807) is 0 Å². The second-order valence-electron chi connectivity index (χ2n) is 0.843. The van der Waals surface area contributed by atoms with Gasteiger partial charge >= 0.3 is 0 Å². The molecule has 0 unspecified atom stereocenters. The van der Waals surface area contributed by atoms with Crippen molar-refractivity contribution >= 4 is 11.8 Å². The van der Waals surface area contributed by atoms with Crippen molar-refractivity contribution in [1.29, 1.82) is 0 Å². The van der Waals surface area contributed by atoms with Gasteiger partial charge in [0.25, 0.3) is 0 Å². The lowest BCUT2D eigenvalue weighted by atomic mass is 10.5. The minimum Gasteiger partial charge on any atom is -0.139 e. The SMILES string of the molecule is CCC[N]Cl. The quantitative estimate of drug-likeness (QED) is 0.485. The smallest absolute Gasteiger partial charge is 0.0308 e. The number of rotatable bonds is 2. The molecular formula is C3H7ClN. The maximum absolute atomic E-state index is 4.93. The molecule has 0 fully saturated rings. The molecule has 0 N–H and O–H groups in total. The maximum Gasteiger partial charge on any atom is 0.0308 e. The van der Waals surface area contributed by atoms with Crippen LogP contribution in [0.5, 0.6) is 0 Å². The Labute approximate surface area is 37.4 Å². The first-order chi connectivity index (χ1) is 2.41. The summed E-state index contributed by atoms with van der Waals surface area (Å²) in [6.07, 6.45) is 1.05. The van der Waals surface area contributed by atoms with Crippen molar-refractivity contribution in [2.45, 2.75) is 13.3 Å². The highest BCUT2D eigenvalue weighted by molar-refractivity contribution is 6.13. The summed E-state index contributed by atoms with van der Waals surface area (Å²) in [6.45, 7) is 2.81. The zero-order valence-corrected chi connectivity index (χ0v) is 4.00. The molecule has 0 aromatic heterocycles. The monoisotopic (exact) mass is 92.0 g/mol. The van der Waals surface area contributed by atoms with Crippen LogP contribution in [0.2, 0.25) is 0 Å². The van der Waals surface area contributed by atoms with Crippen LogP contribution in [0, 0.1) is 0 Å². The molecule has 0 amide bonds. The molecule has 0 rings (SSSR count). The second kappa shape index (κ2) is 4.25. The summed E-state index contributed by atoms with van der Waals surface area (Å²) in [5.74, 6) is 0. The first-order valence-electron chi connectivity index (χ1n) is 1.69. The lowest BCUT2D eigenvalue weighted by molar-refractivity contribution is 0.859. The van der Waals surface area contributed by atoms with Crippen LogP contribution in [-0.2, 0) is 0 Å². The Kier molecular flexibility index (Phi) is 4.46. The van der Waals surface area contributed by atoms with Crippen LogP contribution in [0.3, 0.4) is 0 Å². The lowest BCUT2D eigenvalue weighted by Crippen LogP contribution is -1.87. The first kappa shape index (κ1) is 5.25. The Morgan fingerprint density at radius 3 is 2.40 bits per heavy atom. The van der Waals surface area contributed by atoms with E-state index in [0.717, 1.165) is 13.0 Å². The summed E-state index contributed by atoms with van der Waals surface area (Å²) in [5, 5.41) is 0. The number of halogens is 1. The van der Waals surface area contributed by atoms with Crippen molar-refractivity contribution in [1.82, 2.24) is 4.84 Å². The molecule has 0 heterocycles. The minimum atomic E-state index is 0.779. The third-order valence-electron chi connectivity index (χ3n) is 0.308. The maximum atomic E-state index is 4.93. The third kappa shape index (κ3) is 4.25. The number of hydrogen-bond donors (Lipinski definition) is 0. The Morgan fingerprint density at radius 2 is 2.40 bits per heavy atom. The van der Waals surface area contributed by atoms with Gasteiger partial charge < -0.3 is 0 Å². The van der Waals surface area contributed by atoms with Crippen LogP contribution in [0.4, 0.5) is 0 Å². The molecule has 0 aliphatic carbocycles. The van der Waals surface area contributed by atoms with Gasteiger partial charge in [-0.15, -0.1) is 4.84 Å². The van der Waals surface area contributed by atoms with Crippen LogP contribution in [0.1, 0.15) is 13.3 Å². The van der Waals surface area contributed by atoms with Crippen LogP contribution < -0.4 is 4.84 Å². The predicted molar refractivity (Wildman–Crippen MR) is 23.1 cm³/mol. The van der Waals surface area contributed by atoms with E-state index in [0.29, 0.717) is 0 Å². The second-order valence-corrected chi connectivity index (χ2v) is 1.08. The molecule has 0 aliphatic heterocycles. The van der Waals surface area contributed by atoms with Gasteiger partial charge in [0.05, 0.1) is 0 Å². The zero-order chi connectivity index (χ0) is 4.12. The molecule has 1 nitrogen and oxygen atoms in total. The normalized spacial score (nSPS) is 8.40. The number of nitrogens with zero attached hydrogens (tertiary/aromatic N) is 1. The molecule has 0 bridgehead atoms. The molecule has 5 heavy (non-hydrogen) atoms. The van der Waals surface area contributed by atoms with E-state index in [1.807, 2.05) is 6.92 Å². The fourth-order valence-electron chi connectivity index (χ4n) is 0.0845. The van der Waals surface area contributed by atoms with Gasteiger partial charge in [-0.05, 0) is 18.2 Å². The van der Waals surface area contributed by atoms with Gasteiger partial charge in [0.1, 0.15) is 0 Å². The summed E-state index contributed by atoms with van der Waals surface area (Å²) >= 11 is 4.93. The first-order valence-corrected chi connectivity index (χ1v) is 2.03. The van der Waals surface area contributed by atoms with Crippen molar-refractivity contribution in [2.75, 3.05) is 6.54 Å². The topological polar surface area (TPSA) is 14.1 Å². The van der Waals surface area contributed by atoms with Gasteiger partial charge in [0.15, 0.2) is 0 Å². The van der Waals surface area contributed by atoms with Crippen LogP contribution >= 0.6 is 11.8 Å². The van der Waals surface area contributed by atoms with Gasteiger partial charge in [-0.25, -0.2) is 0 Å². The van der Waals surface area contributed by atoms with E-state index in [9.17, 15) is 0 Å². The summed E-state index contributed by atoms with van der Waals surface area (Å²) in [6, 6.07) is 0. The molecule has 0 aromatic carbocycles. The molecule has 2 heteroatoms.